The van der Waals surface area contributed by atoms with E-state index in [2.05, 4.69) is 48.2 Å². The van der Waals surface area contributed by atoms with E-state index in [4.69, 9.17) is 4.42 Å². The predicted octanol–water partition coefficient (Wildman–Crippen LogP) is 3.68. The van der Waals surface area contributed by atoms with Crippen LogP contribution in [0.15, 0.2) is 35.1 Å². The van der Waals surface area contributed by atoms with Gasteiger partial charge in [0.05, 0.1) is 6.26 Å². The van der Waals surface area contributed by atoms with Gasteiger partial charge in [0.2, 0.25) is 0 Å². The summed E-state index contributed by atoms with van der Waals surface area (Å²) in [5.41, 5.74) is 2.46. The molecule has 0 saturated carbocycles. The Morgan fingerprint density at radius 1 is 1.38 bits per heavy atom. The molecule has 4 heteroatoms. The lowest BCUT2D eigenvalue weighted by Crippen LogP contribution is -2.21. The molecule has 0 aliphatic carbocycles. The van der Waals surface area contributed by atoms with Gasteiger partial charge in [-0.3, -0.25) is 0 Å². The molecule has 4 nitrogen and oxygen atoms in total. The first kappa shape index (κ1) is 15.6. The molecule has 0 radical (unpaired) electrons. The molecule has 2 heterocycles. The van der Waals surface area contributed by atoms with Gasteiger partial charge in [0, 0.05) is 31.4 Å². The molecule has 1 unspecified atom stereocenters. The number of hydrogen-bond acceptors (Lipinski definition) is 4. The minimum atomic E-state index is 0.343. The van der Waals surface area contributed by atoms with Crippen molar-refractivity contribution in [3.8, 4) is 0 Å². The van der Waals surface area contributed by atoms with Crippen LogP contribution in [0.3, 0.4) is 0 Å². The number of aryl methyl sites for hydroxylation is 1. The molecule has 0 saturated heterocycles. The second-order valence-corrected chi connectivity index (χ2v) is 5.48. The van der Waals surface area contributed by atoms with Crippen LogP contribution >= 0.6 is 0 Å². The van der Waals surface area contributed by atoms with E-state index in [0.29, 0.717) is 6.04 Å². The summed E-state index contributed by atoms with van der Waals surface area (Å²) in [6.45, 7) is 8.19. The smallest absolute Gasteiger partial charge is 0.128 e. The average molecular weight is 287 g/mol. The highest BCUT2D eigenvalue weighted by atomic mass is 16.3. The summed E-state index contributed by atoms with van der Waals surface area (Å²) in [6, 6.07) is 6.59. The van der Waals surface area contributed by atoms with Crippen molar-refractivity contribution in [3.63, 3.8) is 0 Å². The molecule has 0 aliphatic rings. The SMILES string of the molecule is CCCNC(C)c1ccnc(N(C)Cc2ccoc2C)c1. The van der Waals surface area contributed by atoms with Crippen molar-refractivity contribution in [3.05, 3.63) is 47.5 Å². The molecule has 0 bridgehead atoms. The zero-order valence-electron chi connectivity index (χ0n) is 13.4. The van der Waals surface area contributed by atoms with E-state index < -0.39 is 0 Å². The summed E-state index contributed by atoms with van der Waals surface area (Å²) >= 11 is 0. The first-order chi connectivity index (χ1) is 10.1. The number of pyridine rings is 1. The van der Waals surface area contributed by atoms with Gasteiger partial charge < -0.3 is 14.6 Å². The van der Waals surface area contributed by atoms with E-state index in [1.807, 2.05) is 19.2 Å². The molecule has 2 aromatic heterocycles. The highest BCUT2D eigenvalue weighted by molar-refractivity contribution is 5.42. The number of nitrogens with zero attached hydrogens (tertiary/aromatic N) is 2. The van der Waals surface area contributed by atoms with Crippen molar-refractivity contribution in [2.24, 2.45) is 0 Å². The molecule has 114 valence electrons. The summed E-state index contributed by atoms with van der Waals surface area (Å²) in [5, 5.41) is 3.51. The first-order valence-corrected chi connectivity index (χ1v) is 7.55. The lowest BCUT2D eigenvalue weighted by Gasteiger charge is -2.20. The Morgan fingerprint density at radius 3 is 2.86 bits per heavy atom. The van der Waals surface area contributed by atoms with E-state index in [-0.39, 0.29) is 0 Å². The molecule has 2 aromatic rings. The van der Waals surface area contributed by atoms with E-state index >= 15 is 0 Å². The molecule has 0 spiro atoms. The standard InChI is InChI=1S/C17H25N3O/c1-5-8-18-13(2)15-6-9-19-17(11-15)20(4)12-16-7-10-21-14(16)3/h6-7,9-11,13,18H,5,8,12H2,1-4H3. The maximum absolute atomic E-state index is 5.35. The molecule has 0 amide bonds. The summed E-state index contributed by atoms with van der Waals surface area (Å²) in [7, 11) is 2.06. The minimum absolute atomic E-state index is 0.343. The van der Waals surface area contributed by atoms with Crippen LogP contribution in [0.5, 0.6) is 0 Å². The van der Waals surface area contributed by atoms with E-state index in [0.717, 1.165) is 31.1 Å². The van der Waals surface area contributed by atoms with Crippen LogP contribution < -0.4 is 10.2 Å². The summed E-state index contributed by atoms with van der Waals surface area (Å²) in [6.07, 6.45) is 4.76. The lowest BCUT2D eigenvalue weighted by molar-refractivity contribution is 0.529. The molecule has 0 aromatic carbocycles. The van der Waals surface area contributed by atoms with Crippen LogP contribution in [0.2, 0.25) is 0 Å². The Kier molecular flexibility index (Phi) is 5.39. The third-order valence-corrected chi connectivity index (χ3v) is 3.73. The fourth-order valence-corrected chi connectivity index (χ4v) is 2.30. The Bertz CT molecular complexity index is 565. The normalized spacial score (nSPS) is 12.4. The van der Waals surface area contributed by atoms with Crippen molar-refractivity contribution < 1.29 is 4.42 Å². The van der Waals surface area contributed by atoms with Crippen molar-refractivity contribution in [1.29, 1.82) is 0 Å². The van der Waals surface area contributed by atoms with Crippen molar-refractivity contribution >= 4 is 5.82 Å². The molecule has 21 heavy (non-hydrogen) atoms. The highest BCUT2D eigenvalue weighted by Gasteiger charge is 2.10. The van der Waals surface area contributed by atoms with Gasteiger partial charge in [-0.15, -0.1) is 0 Å². The maximum Gasteiger partial charge on any atom is 0.128 e. The number of aromatic nitrogens is 1. The number of furan rings is 1. The number of hydrogen-bond donors (Lipinski definition) is 1. The Morgan fingerprint density at radius 2 is 2.19 bits per heavy atom. The second kappa shape index (κ2) is 7.27. The number of rotatable bonds is 7. The monoisotopic (exact) mass is 287 g/mol. The largest absolute Gasteiger partial charge is 0.469 e. The van der Waals surface area contributed by atoms with Crippen LogP contribution in [0.1, 0.15) is 43.2 Å². The average Bonchev–Trinajstić information content (AvgIpc) is 2.90. The van der Waals surface area contributed by atoms with Gasteiger partial charge in [0.1, 0.15) is 11.6 Å². The van der Waals surface area contributed by atoms with Crippen molar-refractivity contribution in [2.45, 2.75) is 39.8 Å². The zero-order chi connectivity index (χ0) is 15.2. The zero-order valence-corrected chi connectivity index (χ0v) is 13.4. The second-order valence-electron chi connectivity index (χ2n) is 5.48. The molecule has 2 rings (SSSR count). The van der Waals surface area contributed by atoms with Crippen LogP contribution in [0.4, 0.5) is 5.82 Å². The maximum atomic E-state index is 5.35. The van der Waals surface area contributed by atoms with Crippen molar-refractivity contribution in [1.82, 2.24) is 10.3 Å². The van der Waals surface area contributed by atoms with Gasteiger partial charge in [-0.1, -0.05) is 6.92 Å². The molecule has 1 N–H and O–H groups in total. The lowest BCUT2D eigenvalue weighted by atomic mass is 10.1. The molecule has 0 aliphatic heterocycles. The quantitative estimate of drug-likeness (QED) is 0.843. The summed E-state index contributed by atoms with van der Waals surface area (Å²) in [5.74, 6) is 1.95. The van der Waals surface area contributed by atoms with Gasteiger partial charge in [0.25, 0.3) is 0 Å². The van der Waals surface area contributed by atoms with Gasteiger partial charge in [0.15, 0.2) is 0 Å². The van der Waals surface area contributed by atoms with Crippen LogP contribution in [-0.2, 0) is 6.54 Å². The third kappa shape index (κ3) is 4.08. The number of anilines is 1. The van der Waals surface area contributed by atoms with E-state index in [1.54, 1.807) is 6.26 Å². The highest BCUT2D eigenvalue weighted by Crippen LogP contribution is 2.20. The van der Waals surface area contributed by atoms with E-state index in [9.17, 15) is 0 Å². The van der Waals surface area contributed by atoms with Gasteiger partial charge in [-0.25, -0.2) is 4.98 Å². The Labute approximate surface area is 127 Å². The molecular formula is C17H25N3O. The van der Waals surface area contributed by atoms with Crippen LogP contribution in [0, 0.1) is 6.92 Å². The van der Waals surface area contributed by atoms with Crippen LogP contribution in [-0.4, -0.2) is 18.6 Å². The van der Waals surface area contributed by atoms with Gasteiger partial charge in [-0.2, -0.15) is 0 Å². The summed E-state index contributed by atoms with van der Waals surface area (Å²) < 4.78 is 5.35. The third-order valence-electron chi connectivity index (χ3n) is 3.73. The van der Waals surface area contributed by atoms with Gasteiger partial charge >= 0.3 is 0 Å². The molecule has 0 fully saturated rings. The Hall–Kier alpha value is -1.81. The topological polar surface area (TPSA) is 41.3 Å². The minimum Gasteiger partial charge on any atom is -0.469 e. The fourth-order valence-electron chi connectivity index (χ4n) is 2.30. The number of nitrogens with one attached hydrogen (secondary N) is 1. The molecule has 1 atom stereocenters. The van der Waals surface area contributed by atoms with E-state index in [1.165, 1.54) is 11.1 Å². The van der Waals surface area contributed by atoms with Crippen LogP contribution in [0.25, 0.3) is 0 Å². The van der Waals surface area contributed by atoms with Gasteiger partial charge in [-0.05, 0) is 50.6 Å². The predicted molar refractivity (Wildman–Crippen MR) is 86.5 cm³/mol. The molecular weight excluding hydrogens is 262 g/mol. The van der Waals surface area contributed by atoms with Crippen molar-refractivity contribution in [2.75, 3.05) is 18.5 Å². The summed E-state index contributed by atoms with van der Waals surface area (Å²) in [4.78, 5) is 6.63. The first-order valence-electron chi connectivity index (χ1n) is 7.55. The fraction of sp³-hybridized carbons (Fsp3) is 0.471. The Balaban J connectivity index is 2.07.